The molecule has 10 heteroatoms. The molecule has 9 nitrogen and oxygen atoms in total. The van der Waals surface area contributed by atoms with Crippen LogP contribution in [0.1, 0.15) is 37.6 Å². The van der Waals surface area contributed by atoms with Crippen molar-refractivity contribution < 1.29 is 27.5 Å². The number of amides is 3. The normalized spacial score (nSPS) is 16.9. The molecular weight excluding hydrogens is 434 g/mol. The van der Waals surface area contributed by atoms with Gasteiger partial charge < -0.3 is 9.64 Å². The molecule has 0 radical (unpaired) electrons. The van der Waals surface area contributed by atoms with Crippen LogP contribution in [0.3, 0.4) is 0 Å². The molecule has 1 fully saturated rings. The van der Waals surface area contributed by atoms with Crippen molar-refractivity contribution in [2.75, 3.05) is 12.0 Å². The van der Waals surface area contributed by atoms with Crippen molar-refractivity contribution in [2.45, 2.75) is 43.7 Å². The molecule has 2 aromatic carbocycles. The lowest BCUT2D eigenvalue weighted by Gasteiger charge is -2.39. The molecule has 3 amide bonds. The van der Waals surface area contributed by atoms with Crippen molar-refractivity contribution in [3.05, 3.63) is 54.1 Å². The molecule has 2 N–H and O–H groups in total. The van der Waals surface area contributed by atoms with Crippen LogP contribution in [0.15, 0.2) is 53.4 Å². The SMILES string of the molecule is COc1cccc(C(=O)N(C2CC(=O)N(c3ccc(S(N)(=O)=O)cc3)C2=O)C(C)(C)C)c1. The first-order valence-electron chi connectivity index (χ1n) is 9.82. The number of primary sulfonamides is 1. The molecule has 3 rings (SSSR count). The second-order valence-corrected chi connectivity index (χ2v) is 9.97. The van der Waals surface area contributed by atoms with Crippen molar-refractivity contribution in [3.8, 4) is 5.75 Å². The predicted molar refractivity (Wildman–Crippen MR) is 118 cm³/mol. The first-order chi connectivity index (χ1) is 14.8. The number of nitrogens with zero attached hydrogens (tertiary/aromatic N) is 2. The highest BCUT2D eigenvalue weighted by atomic mass is 32.2. The Bertz CT molecular complexity index is 1170. The number of anilines is 1. The van der Waals surface area contributed by atoms with Gasteiger partial charge in [-0.05, 0) is 63.2 Å². The van der Waals surface area contributed by atoms with Gasteiger partial charge in [0.25, 0.3) is 11.8 Å². The van der Waals surface area contributed by atoms with Gasteiger partial charge in [-0.3, -0.25) is 14.4 Å². The van der Waals surface area contributed by atoms with Crippen LogP contribution in [0.2, 0.25) is 0 Å². The largest absolute Gasteiger partial charge is 0.497 e. The topological polar surface area (TPSA) is 127 Å². The summed E-state index contributed by atoms with van der Waals surface area (Å²) in [6.45, 7) is 5.35. The minimum Gasteiger partial charge on any atom is -0.497 e. The van der Waals surface area contributed by atoms with Gasteiger partial charge in [0.05, 0.1) is 24.1 Å². The third-order valence-corrected chi connectivity index (χ3v) is 6.05. The Morgan fingerprint density at radius 2 is 1.75 bits per heavy atom. The quantitative estimate of drug-likeness (QED) is 0.681. The van der Waals surface area contributed by atoms with Gasteiger partial charge in [0.1, 0.15) is 11.8 Å². The Hall–Kier alpha value is -3.24. The molecule has 0 aromatic heterocycles. The number of methoxy groups -OCH3 is 1. The number of rotatable bonds is 5. The van der Waals surface area contributed by atoms with E-state index in [0.29, 0.717) is 11.3 Å². The molecule has 0 aliphatic carbocycles. The summed E-state index contributed by atoms with van der Waals surface area (Å²) < 4.78 is 28.1. The zero-order valence-corrected chi connectivity index (χ0v) is 19.0. The molecule has 2 aromatic rings. The Kier molecular flexibility index (Phi) is 6.12. The summed E-state index contributed by atoms with van der Waals surface area (Å²) in [4.78, 5) is 41.7. The number of hydrogen-bond acceptors (Lipinski definition) is 6. The summed E-state index contributed by atoms with van der Waals surface area (Å²) in [5, 5.41) is 5.11. The van der Waals surface area contributed by atoms with Crippen LogP contribution in [-0.4, -0.2) is 49.7 Å². The van der Waals surface area contributed by atoms with Gasteiger partial charge in [-0.2, -0.15) is 0 Å². The van der Waals surface area contributed by atoms with E-state index in [1.807, 2.05) is 0 Å². The molecule has 0 saturated carbocycles. The van der Waals surface area contributed by atoms with E-state index in [-0.39, 0.29) is 17.0 Å². The Labute approximate surface area is 186 Å². The molecule has 1 unspecified atom stereocenters. The second-order valence-electron chi connectivity index (χ2n) is 8.40. The van der Waals surface area contributed by atoms with Crippen LogP contribution in [0.5, 0.6) is 5.75 Å². The number of nitrogens with two attached hydrogens (primary N) is 1. The first kappa shape index (κ1) is 23.4. The maximum Gasteiger partial charge on any atom is 0.257 e. The molecular formula is C22H25N3O6S. The number of benzene rings is 2. The first-order valence-corrected chi connectivity index (χ1v) is 11.4. The fraction of sp³-hybridized carbons (Fsp3) is 0.318. The maximum atomic E-state index is 13.4. The van der Waals surface area contributed by atoms with E-state index >= 15 is 0 Å². The number of ether oxygens (including phenoxy) is 1. The van der Waals surface area contributed by atoms with E-state index in [1.165, 1.54) is 36.3 Å². The van der Waals surface area contributed by atoms with Gasteiger partial charge in [-0.1, -0.05) is 6.07 Å². The molecule has 1 atom stereocenters. The van der Waals surface area contributed by atoms with Crippen LogP contribution in [0.4, 0.5) is 5.69 Å². The van der Waals surface area contributed by atoms with E-state index in [4.69, 9.17) is 9.88 Å². The molecule has 1 aliphatic heterocycles. The lowest BCUT2D eigenvalue weighted by atomic mass is 9.99. The third kappa shape index (κ3) is 4.51. The molecule has 0 bridgehead atoms. The van der Waals surface area contributed by atoms with Crippen LogP contribution < -0.4 is 14.8 Å². The van der Waals surface area contributed by atoms with Gasteiger partial charge in [0.15, 0.2) is 0 Å². The highest BCUT2D eigenvalue weighted by Gasteiger charge is 2.47. The average molecular weight is 460 g/mol. The molecule has 0 spiro atoms. The molecule has 1 aliphatic rings. The zero-order chi connectivity index (χ0) is 23.8. The summed E-state index contributed by atoms with van der Waals surface area (Å²) in [6, 6.07) is 10.7. The Morgan fingerprint density at radius 1 is 1.12 bits per heavy atom. The van der Waals surface area contributed by atoms with Gasteiger partial charge >= 0.3 is 0 Å². The van der Waals surface area contributed by atoms with Crippen molar-refractivity contribution in [1.29, 1.82) is 0 Å². The van der Waals surface area contributed by atoms with E-state index in [0.717, 1.165) is 4.90 Å². The third-order valence-electron chi connectivity index (χ3n) is 5.12. The summed E-state index contributed by atoms with van der Waals surface area (Å²) in [5.74, 6) is -0.968. The van der Waals surface area contributed by atoms with Crippen LogP contribution in [0, 0.1) is 0 Å². The van der Waals surface area contributed by atoms with Crippen molar-refractivity contribution in [2.24, 2.45) is 5.14 Å². The lowest BCUT2D eigenvalue weighted by Crippen LogP contribution is -2.54. The average Bonchev–Trinajstić information content (AvgIpc) is 3.00. The summed E-state index contributed by atoms with van der Waals surface area (Å²) in [7, 11) is -2.42. The molecule has 1 heterocycles. The highest BCUT2D eigenvalue weighted by molar-refractivity contribution is 7.89. The molecule has 170 valence electrons. The van der Waals surface area contributed by atoms with Gasteiger partial charge in [0, 0.05) is 11.1 Å². The van der Waals surface area contributed by atoms with Crippen LogP contribution >= 0.6 is 0 Å². The summed E-state index contributed by atoms with van der Waals surface area (Å²) in [6.07, 6.45) is -0.192. The van der Waals surface area contributed by atoms with Gasteiger partial charge in [-0.15, -0.1) is 0 Å². The van der Waals surface area contributed by atoms with Crippen LogP contribution in [0.25, 0.3) is 0 Å². The van der Waals surface area contributed by atoms with Crippen molar-refractivity contribution in [3.63, 3.8) is 0 Å². The van der Waals surface area contributed by atoms with Crippen molar-refractivity contribution >= 4 is 33.4 Å². The smallest absolute Gasteiger partial charge is 0.257 e. The zero-order valence-electron chi connectivity index (χ0n) is 18.2. The minimum atomic E-state index is -3.91. The number of hydrogen-bond donors (Lipinski definition) is 1. The fourth-order valence-electron chi connectivity index (χ4n) is 3.68. The number of carbonyl (C=O) groups is 3. The number of imide groups is 1. The van der Waals surface area contributed by atoms with Crippen molar-refractivity contribution in [1.82, 2.24) is 4.90 Å². The standard InChI is InChI=1S/C22H25N3O6S/c1-22(2,3)25(20(27)14-6-5-7-16(12-14)31-4)18-13-19(26)24(21(18)28)15-8-10-17(11-9-15)32(23,29)30/h5-12,18H,13H2,1-4H3,(H2,23,29,30). The van der Waals surface area contributed by atoms with E-state index in [2.05, 4.69) is 0 Å². The maximum absolute atomic E-state index is 13.4. The van der Waals surface area contributed by atoms with Gasteiger partial charge in [-0.25, -0.2) is 18.5 Å². The fourth-order valence-corrected chi connectivity index (χ4v) is 4.20. The Balaban J connectivity index is 1.96. The number of sulfonamides is 1. The van der Waals surface area contributed by atoms with E-state index in [1.54, 1.807) is 45.0 Å². The monoisotopic (exact) mass is 459 g/mol. The second kappa shape index (κ2) is 8.36. The lowest BCUT2D eigenvalue weighted by molar-refractivity contribution is -0.123. The van der Waals surface area contributed by atoms with Gasteiger partial charge in [0.2, 0.25) is 15.9 Å². The molecule has 32 heavy (non-hydrogen) atoms. The van der Waals surface area contributed by atoms with E-state index in [9.17, 15) is 22.8 Å². The molecule has 1 saturated heterocycles. The van der Waals surface area contributed by atoms with E-state index < -0.39 is 39.3 Å². The predicted octanol–water partition coefficient (Wildman–Crippen LogP) is 1.92. The highest BCUT2D eigenvalue weighted by Crippen LogP contribution is 2.31. The summed E-state index contributed by atoms with van der Waals surface area (Å²) >= 11 is 0. The van der Waals surface area contributed by atoms with Crippen LogP contribution in [-0.2, 0) is 19.6 Å². The Morgan fingerprint density at radius 3 is 2.28 bits per heavy atom. The minimum absolute atomic E-state index is 0.138. The summed E-state index contributed by atoms with van der Waals surface area (Å²) in [5.41, 5.74) is -0.234. The number of carbonyl (C=O) groups excluding carboxylic acids is 3.